The molecule has 8 heteroatoms. The number of carbonyl (C=O) groups excluding carboxylic acids is 1. The van der Waals surface area contributed by atoms with Crippen molar-refractivity contribution in [1.29, 1.82) is 0 Å². The van der Waals surface area contributed by atoms with Gasteiger partial charge in [-0.3, -0.25) is 14.2 Å². The van der Waals surface area contributed by atoms with Crippen molar-refractivity contribution < 1.29 is 9.53 Å². The molecule has 0 saturated heterocycles. The van der Waals surface area contributed by atoms with E-state index in [2.05, 4.69) is 4.98 Å². The molecule has 1 aliphatic carbocycles. The second kappa shape index (κ2) is 10.5. The number of amides is 1. The molecule has 6 nitrogen and oxygen atoms in total. The van der Waals surface area contributed by atoms with Crippen LogP contribution in [0.3, 0.4) is 0 Å². The minimum atomic E-state index is -0.113. The Morgan fingerprint density at radius 1 is 1.34 bits per heavy atom. The van der Waals surface area contributed by atoms with Gasteiger partial charge >= 0.3 is 0 Å². The lowest BCUT2D eigenvalue weighted by molar-refractivity contribution is -0.129. The molecule has 0 unspecified atom stereocenters. The van der Waals surface area contributed by atoms with E-state index in [9.17, 15) is 9.59 Å². The van der Waals surface area contributed by atoms with Gasteiger partial charge in [-0.15, -0.1) is 0 Å². The van der Waals surface area contributed by atoms with Crippen LogP contribution >= 0.6 is 23.4 Å². The highest BCUT2D eigenvalue weighted by molar-refractivity contribution is 7.99. The minimum Gasteiger partial charge on any atom is -0.385 e. The van der Waals surface area contributed by atoms with Crippen LogP contribution in [-0.2, 0) is 16.1 Å². The van der Waals surface area contributed by atoms with E-state index in [0.717, 1.165) is 12.8 Å². The smallest absolute Gasteiger partial charge is 0.262 e. The molecule has 1 fully saturated rings. The monoisotopic (exact) mass is 437 g/mol. The summed E-state index contributed by atoms with van der Waals surface area (Å²) < 4.78 is 6.77. The molecule has 1 saturated carbocycles. The number of benzene rings is 1. The number of nitrogens with zero attached hydrogens (tertiary/aromatic N) is 3. The fourth-order valence-electron chi connectivity index (χ4n) is 3.75. The van der Waals surface area contributed by atoms with Gasteiger partial charge in [0.1, 0.15) is 0 Å². The number of hydrogen-bond donors (Lipinski definition) is 0. The third-order valence-electron chi connectivity index (χ3n) is 5.45. The lowest BCUT2D eigenvalue weighted by Crippen LogP contribution is -2.39. The van der Waals surface area contributed by atoms with Crippen LogP contribution in [0.25, 0.3) is 10.9 Å². The summed E-state index contributed by atoms with van der Waals surface area (Å²) in [6, 6.07) is 5.42. The number of thioether (sulfide) groups is 1. The Hall–Kier alpha value is -1.57. The molecule has 1 aromatic carbocycles. The van der Waals surface area contributed by atoms with E-state index < -0.39 is 0 Å². The van der Waals surface area contributed by atoms with Crippen LogP contribution in [0.1, 0.15) is 38.5 Å². The number of halogens is 1. The van der Waals surface area contributed by atoms with E-state index in [1.807, 2.05) is 11.9 Å². The highest BCUT2D eigenvalue weighted by Gasteiger charge is 2.22. The van der Waals surface area contributed by atoms with Crippen molar-refractivity contribution in [2.45, 2.75) is 56.3 Å². The van der Waals surface area contributed by atoms with Crippen LogP contribution in [0.2, 0.25) is 5.02 Å². The maximum atomic E-state index is 13.0. The second-order valence-corrected chi connectivity index (χ2v) is 8.82. The van der Waals surface area contributed by atoms with Crippen molar-refractivity contribution in [3.05, 3.63) is 33.6 Å². The lowest BCUT2D eigenvalue weighted by Gasteiger charge is -2.31. The SMILES string of the molecule is COCCCn1c(SCC(=O)N(C)C2CCCCC2)nc2cc(Cl)ccc2c1=O. The Morgan fingerprint density at radius 2 is 2.10 bits per heavy atom. The molecular formula is C21H28ClN3O3S. The quantitative estimate of drug-likeness (QED) is 0.355. The third-order valence-corrected chi connectivity index (χ3v) is 6.65. The molecule has 0 aliphatic heterocycles. The van der Waals surface area contributed by atoms with Gasteiger partial charge in [0.15, 0.2) is 5.16 Å². The molecule has 29 heavy (non-hydrogen) atoms. The number of fused-ring (bicyclic) bond motifs is 1. The predicted octanol–water partition coefficient (Wildman–Crippen LogP) is 3.97. The summed E-state index contributed by atoms with van der Waals surface area (Å²) in [6.45, 7) is 1.05. The first-order valence-electron chi connectivity index (χ1n) is 10.1. The van der Waals surface area contributed by atoms with Crippen molar-refractivity contribution in [1.82, 2.24) is 14.5 Å². The van der Waals surface area contributed by atoms with E-state index in [-0.39, 0.29) is 17.2 Å². The van der Waals surface area contributed by atoms with Crippen LogP contribution in [-0.4, -0.2) is 52.9 Å². The van der Waals surface area contributed by atoms with Crippen molar-refractivity contribution >= 4 is 40.2 Å². The highest BCUT2D eigenvalue weighted by Crippen LogP contribution is 2.24. The number of hydrogen-bond acceptors (Lipinski definition) is 5. The van der Waals surface area contributed by atoms with E-state index >= 15 is 0 Å². The molecular weight excluding hydrogens is 410 g/mol. The van der Waals surface area contributed by atoms with Gasteiger partial charge in [0.2, 0.25) is 5.91 Å². The first-order valence-corrected chi connectivity index (χ1v) is 11.4. The molecule has 3 rings (SSSR count). The third kappa shape index (κ3) is 5.53. The van der Waals surface area contributed by atoms with Crippen LogP contribution in [0.15, 0.2) is 28.2 Å². The molecule has 1 heterocycles. The fourth-order valence-corrected chi connectivity index (χ4v) is 4.86. The molecule has 0 radical (unpaired) electrons. The van der Waals surface area contributed by atoms with E-state index in [1.165, 1.54) is 31.0 Å². The zero-order chi connectivity index (χ0) is 20.8. The van der Waals surface area contributed by atoms with Gasteiger partial charge in [-0.2, -0.15) is 0 Å². The summed E-state index contributed by atoms with van der Waals surface area (Å²) in [5.41, 5.74) is 0.444. The molecule has 0 bridgehead atoms. The summed E-state index contributed by atoms with van der Waals surface area (Å²) in [6.07, 6.45) is 6.46. The Labute approximate surface area is 180 Å². The Balaban J connectivity index is 1.81. The maximum Gasteiger partial charge on any atom is 0.262 e. The highest BCUT2D eigenvalue weighted by atomic mass is 35.5. The summed E-state index contributed by atoms with van der Waals surface area (Å²) >= 11 is 7.40. The van der Waals surface area contributed by atoms with E-state index in [4.69, 9.17) is 16.3 Å². The minimum absolute atomic E-state index is 0.0748. The zero-order valence-corrected chi connectivity index (χ0v) is 18.6. The van der Waals surface area contributed by atoms with Crippen LogP contribution in [0, 0.1) is 0 Å². The Morgan fingerprint density at radius 3 is 2.83 bits per heavy atom. The zero-order valence-electron chi connectivity index (χ0n) is 17.0. The standard InChI is InChI=1S/C21H28ClN3O3S/c1-24(16-7-4-3-5-8-16)19(26)14-29-21-23-18-13-15(22)9-10-17(18)20(27)25(21)11-6-12-28-2/h9-10,13,16H,3-8,11-12,14H2,1-2H3. The molecule has 1 aromatic heterocycles. The first kappa shape index (κ1) is 22.1. The number of ether oxygens (including phenoxy) is 1. The number of methoxy groups -OCH3 is 1. The van der Waals surface area contributed by atoms with Gasteiger partial charge in [0, 0.05) is 38.4 Å². The van der Waals surface area contributed by atoms with Crippen LogP contribution < -0.4 is 5.56 Å². The van der Waals surface area contributed by atoms with Crippen molar-refractivity contribution in [3.8, 4) is 0 Å². The molecule has 158 valence electrons. The molecule has 1 amide bonds. The van der Waals surface area contributed by atoms with Crippen molar-refractivity contribution in [2.24, 2.45) is 0 Å². The largest absolute Gasteiger partial charge is 0.385 e. The molecule has 1 aliphatic rings. The van der Waals surface area contributed by atoms with Gasteiger partial charge in [-0.1, -0.05) is 42.6 Å². The molecule has 0 N–H and O–H groups in total. The summed E-state index contributed by atoms with van der Waals surface area (Å²) in [5.74, 6) is 0.335. The van der Waals surface area contributed by atoms with E-state index in [1.54, 1.807) is 29.9 Å². The molecule has 0 spiro atoms. The fraction of sp³-hybridized carbons (Fsp3) is 0.571. The predicted molar refractivity (Wildman–Crippen MR) is 118 cm³/mol. The normalized spacial score (nSPS) is 15.0. The summed E-state index contributed by atoms with van der Waals surface area (Å²) in [7, 11) is 3.52. The Bertz CT molecular complexity index is 912. The van der Waals surface area contributed by atoms with Crippen molar-refractivity contribution in [2.75, 3.05) is 26.5 Å². The van der Waals surface area contributed by atoms with Gasteiger partial charge in [-0.05, 0) is 37.5 Å². The topological polar surface area (TPSA) is 64.4 Å². The lowest BCUT2D eigenvalue weighted by atomic mass is 9.94. The van der Waals surface area contributed by atoms with Gasteiger partial charge in [0.05, 0.1) is 16.7 Å². The van der Waals surface area contributed by atoms with Crippen molar-refractivity contribution in [3.63, 3.8) is 0 Å². The average Bonchev–Trinajstić information content (AvgIpc) is 2.73. The van der Waals surface area contributed by atoms with Crippen LogP contribution in [0.4, 0.5) is 0 Å². The maximum absolute atomic E-state index is 13.0. The summed E-state index contributed by atoms with van der Waals surface area (Å²) in [4.78, 5) is 32.3. The molecule has 2 aromatic rings. The van der Waals surface area contributed by atoms with Gasteiger partial charge in [-0.25, -0.2) is 4.98 Å². The average molecular weight is 438 g/mol. The van der Waals surface area contributed by atoms with Crippen LogP contribution in [0.5, 0.6) is 0 Å². The van der Waals surface area contributed by atoms with Gasteiger partial charge < -0.3 is 9.64 Å². The van der Waals surface area contributed by atoms with E-state index in [0.29, 0.717) is 46.7 Å². The van der Waals surface area contributed by atoms with Gasteiger partial charge in [0.25, 0.3) is 5.56 Å². The first-order chi connectivity index (χ1) is 14.0. The Kier molecular flexibility index (Phi) is 7.98. The molecule has 0 atom stereocenters. The number of rotatable bonds is 8. The summed E-state index contributed by atoms with van der Waals surface area (Å²) in [5, 5.41) is 1.61. The number of carbonyl (C=O) groups is 1. The number of aromatic nitrogens is 2. The second-order valence-electron chi connectivity index (χ2n) is 7.44.